The van der Waals surface area contributed by atoms with Crippen LogP contribution in [0.15, 0.2) is 47.9 Å². The fourth-order valence-electron chi connectivity index (χ4n) is 3.30. The van der Waals surface area contributed by atoms with Crippen molar-refractivity contribution in [2.75, 3.05) is 31.9 Å². The Morgan fingerprint density at radius 2 is 2.00 bits per heavy atom. The number of piperazine rings is 1. The van der Waals surface area contributed by atoms with Gasteiger partial charge in [-0.05, 0) is 12.0 Å². The first-order chi connectivity index (χ1) is 13.2. The lowest BCUT2D eigenvalue weighted by atomic mass is 10.1. The SMILES string of the molecule is CCCn1ccnc1SCC(=O)N1CCN(C(C#N)c2ccccc2)CC1. The molecular formula is C20H25N5OS. The van der Waals surface area contributed by atoms with Crippen LogP contribution in [0.2, 0.25) is 0 Å². The number of carbonyl (C=O) groups excluding carboxylic acids is 1. The minimum absolute atomic E-state index is 0.138. The number of rotatable bonds is 7. The van der Waals surface area contributed by atoms with Gasteiger partial charge in [0.05, 0.1) is 11.8 Å². The molecule has 0 N–H and O–H groups in total. The summed E-state index contributed by atoms with van der Waals surface area (Å²) in [4.78, 5) is 21.0. The van der Waals surface area contributed by atoms with Gasteiger partial charge in [0.1, 0.15) is 6.04 Å². The average Bonchev–Trinajstić information content (AvgIpc) is 3.15. The van der Waals surface area contributed by atoms with Gasteiger partial charge in [0.25, 0.3) is 0 Å². The van der Waals surface area contributed by atoms with Crippen LogP contribution in [-0.4, -0.2) is 57.2 Å². The smallest absolute Gasteiger partial charge is 0.233 e. The molecule has 2 aromatic rings. The molecule has 7 heteroatoms. The van der Waals surface area contributed by atoms with Crippen molar-refractivity contribution in [3.05, 3.63) is 48.3 Å². The minimum Gasteiger partial charge on any atom is -0.339 e. The van der Waals surface area contributed by atoms with Crippen molar-refractivity contribution >= 4 is 17.7 Å². The molecule has 3 rings (SSSR count). The second-order valence-electron chi connectivity index (χ2n) is 6.55. The molecule has 1 aromatic carbocycles. The standard InChI is InChI=1S/C20H25N5OS/c1-2-9-25-10-8-22-20(25)27-16-19(26)24-13-11-23(12-14-24)18(15-21)17-6-4-3-5-7-17/h3-8,10,18H,2,9,11-14,16H2,1H3. The number of hydrogen-bond acceptors (Lipinski definition) is 5. The summed E-state index contributed by atoms with van der Waals surface area (Å²) in [6.45, 7) is 5.80. The van der Waals surface area contributed by atoms with Crippen molar-refractivity contribution in [2.24, 2.45) is 0 Å². The molecule has 6 nitrogen and oxygen atoms in total. The number of aromatic nitrogens is 2. The van der Waals surface area contributed by atoms with Crippen LogP contribution in [0, 0.1) is 11.3 Å². The summed E-state index contributed by atoms with van der Waals surface area (Å²) in [7, 11) is 0. The first kappa shape index (κ1) is 19.5. The summed E-state index contributed by atoms with van der Waals surface area (Å²) in [6.07, 6.45) is 4.79. The first-order valence-corrected chi connectivity index (χ1v) is 10.3. The third kappa shape index (κ3) is 4.90. The number of benzene rings is 1. The highest BCUT2D eigenvalue weighted by Crippen LogP contribution is 2.22. The Balaban J connectivity index is 1.50. The van der Waals surface area contributed by atoms with Gasteiger partial charge in [0.15, 0.2) is 5.16 Å². The summed E-state index contributed by atoms with van der Waals surface area (Å²) in [5, 5.41) is 10.5. The van der Waals surface area contributed by atoms with E-state index < -0.39 is 0 Å². The first-order valence-electron chi connectivity index (χ1n) is 9.33. The number of aryl methyl sites for hydroxylation is 1. The third-order valence-electron chi connectivity index (χ3n) is 4.74. The van der Waals surface area contributed by atoms with Crippen molar-refractivity contribution in [2.45, 2.75) is 31.1 Å². The Kier molecular flexibility index (Phi) is 6.91. The second kappa shape index (κ2) is 9.58. The molecule has 0 radical (unpaired) electrons. The zero-order chi connectivity index (χ0) is 19.1. The maximum Gasteiger partial charge on any atom is 0.233 e. The quantitative estimate of drug-likeness (QED) is 0.688. The van der Waals surface area contributed by atoms with Crippen molar-refractivity contribution in [1.82, 2.24) is 19.4 Å². The van der Waals surface area contributed by atoms with Crippen molar-refractivity contribution < 1.29 is 4.79 Å². The van der Waals surface area contributed by atoms with E-state index in [1.54, 1.807) is 6.20 Å². The lowest BCUT2D eigenvalue weighted by Crippen LogP contribution is -2.50. The molecular weight excluding hydrogens is 358 g/mol. The van der Waals surface area contributed by atoms with Crippen LogP contribution >= 0.6 is 11.8 Å². The molecule has 0 bridgehead atoms. The molecule has 1 aliphatic heterocycles. The molecule has 0 spiro atoms. The molecule has 1 aromatic heterocycles. The zero-order valence-corrected chi connectivity index (χ0v) is 16.4. The average molecular weight is 384 g/mol. The molecule has 0 saturated carbocycles. The summed E-state index contributed by atoms with van der Waals surface area (Å²) >= 11 is 1.50. The zero-order valence-electron chi connectivity index (χ0n) is 15.6. The molecule has 1 fully saturated rings. The Labute approximate surface area is 164 Å². The second-order valence-corrected chi connectivity index (χ2v) is 7.49. The van der Waals surface area contributed by atoms with E-state index in [0.29, 0.717) is 31.9 Å². The van der Waals surface area contributed by atoms with Gasteiger partial charge in [-0.15, -0.1) is 0 Å². The molecule has 1 atom stereocenters. The van der Waals surface area contributed by atoms with Gasteiger partial charge >= 0.3 is 0 Å². The van der Waals surface area contributed by atoms with E-state index in [-0.39, 0.29) is 11.9 Å². The molecule has 142 valence electrons. The fraction of sp³-hybridized carbons (Fsp3) is 0.450. The summed E-state index contributed by atoms with van der Waals surface area (Å²) < 4.78 is 2.09. The fourth-order valence-corrected chi connectivity index (χ4v) is 4.18. The van der Waals surface area contributed by atoms with Crippen molar-refractivity contribution in [3.8, 4) is 6.07 Å². The van der Waals surface area contributed by atoms with Crippen LogP contribution in [0.3, 0.4) is 0 Å². The Morgan fingerprint density at radius 3 is 2.67 bits per heavy atom. The predicted molar refractivity (Wildman–Crippen MR) is 106 cm³/mol. The van der Waals surface area contributed by atoms with E-state index in [9.17, 15) is 10.1 Å². The molecule has 1 amide bonds. The van der Waals surface area contributed by atoms with Gasteiger partial charge < -0.3 is 9.47 Å². The third-order valence-corrected chi connectivity index (χ3v) is 5.73. The number of carbonyl (C=O) groups is 1. The van der Waals surface area contributed by atoms with E-state index in [1.807, 2.05) is 41.4 Å². The maximum absolute atomic E-state index is 12.6. The van der Waals surface area contributed by atoms with Gasteiger partial charge in [-0.1, -0.05) is 49.0 Å². The highest BCUT2D eigenvalue weighted by Gasteiger charge is 2.27. The largest absolute Gasteiger partial charge is 0.339 e. The van der Waals surface area contributed by atoms with Crippen LogP contribution in [0.5, 0.6) is 0 Å². The lowest BCUT2D eigenvalue weighted by molar-refractivity contribution is -0.130. The van der Waals surface area contributed by atoms with Crippen LogP contribution in [0.25, 0.3) is 0 Å². The molecule has 2 heterocycles. The van der Waals surface area contributed by atoms with Gasteiger partial charge in [-0.25, -0.2) is 4.98 Å². The van der Waals surface area contributed by atoms with Gasteiger partial charge in [-0.2, -0.15) is 5.26 Å². The number of nitriles is 1. The van der Waals surface area contributed by atoms with Gasteiger partial charge in [0.2, 0.25) is 5.91 Å². The van der Waals surface area contributed by atoms with Crippen molar-refractivity contribution in [1.29, 1.82) is 5.26 Å². The summed E-state index contributed by atoms with van der Waals surface area (Å²) in [6, 6.07) is 12.0. The van der Waals surface area contributed by atoms with E-state index in [0.717, 1.165) is 23.7 Å². The van der Waals surface area contributed by atoms with Gasteiger partial charge in [-0.3, -0.25) is 9.69 Å². The predicted octanol–water partition coefficient (Wildman–Crippen LogP) is 2.79. The number of amides is 1. The van der Waals surface area contributed by atoms with Crippen LogP contribution < -0.4 is 0 Å². The number of nitrogens with zero attached hydrogens (tertiary/aromatic N) is 5. The number of hydrogen-bond donors (Lipinski definition) is 0. The van der Waals surface area contributed by atoms with E-state index in [1.165, 1.54) is 11.8 Å². The van der Waals surface area contributed by atoms with E-state index >= 15 is 0 Å². The molecule has 0 aliphatic carbocycles. The monoisotopic (exact) mass is 383 g/mol. The van der Waals surface area contributed by atoms with E-state index in [4.69, 9.17) is 0 Å². The molecule has 27 heavy (non-hydrogen) atoms. The van der Waals surface area contributed by atoms with Crippen molar-refractivity contribution in [3.63, 3.8) is 0 Å². The van der Waals surface area contributed by atoms with Crippen LogP contribution in [-0.2, 0) is 11.3 Å². The van der Waals surface area contributed by atoms with Crippen LogP contribution in [0.4, 0.5) is 0 Å². The summed E-state index contributed by atoms with van der Waals surface area (Å²) in [5.41, 5.74) is 1.01. The highest BCUT2D eigenvalue weighted by molar-refractivity contribution is 7.99. The minimum atomic E-state index is -0.251. The number of imidazole rings is 1. The Bertz CT molecular complexity index is 777. The highest BCUT2D eigenvalue weighted by atomic mass is 32.2. The molecule has 1 unspecified atom stereocenters. The van der Waals surface area contributed by atoms with Crippen LogP contribution in [0.1, 0.15) is 24.9 Å². The van der Waals surface area contributed by atoms with E-state index in [2.05, 4.69) is 27.4 Å². The Morgan fingerprint density at radius 1 is 1.26 bits per heavy atom. The summed E-state index contributed by atoms with van der Waals surface area (Å²) in [5.74, 6) is 0.542. The lowest BCUT2D eigenvalue weighted by Gasteiger charge is -2.37. The molecule has 1 saturated heterocycles. The normalized spacial score (nSPS) is 16.1. The molecule has 1 aliphatic rings. The Hall–Kier alpha value is -2.30. The van der Waals surface area contributed by atoms with Gasteiger partial charge in [0, 0.05) is 45.1 Å². The topological polar surface area (TPSA) is 65.2 Å². The maximum atomic E-state index is 12.6. The number of thioether (sulfide) groups is 1.